The molecule has 0 radical (unpaired) electrons. The highest BCUT2D eigenvalue weighted by molar-refractivity contribution is 9.10. The van der Waals surface area contributed by atoms with E-state index in [1.807, 2.05) is 0 Å². The number of methoxy groups -OCH3 is 1. The van der Waals surface area contributed by atoms with Crippen molar-refractivity contribution in [1.82, 2.24) is 5.32 Å². The predicted molar refractivity (Wildman–Crippen MR) is 90.0 cm³/mol. The molecule has 2 rings (SSSR count). The summed E-state index contributed by atoms with van der Waals surface area (Å²) in [6.07, 6.45) is 2.22. The van der Waals surface area contributed by atoms with Crippen LogP contribution in [0.5, 0.6) is 0 Å². The number of carbonyl (C=O) groups is 2. The number of thioether (sulfide) groups is 1. The molecule has 10 heteroatoms. The van der Waals surface area contributed by atoms with Crippen LogP contribution in [0.15, 0.2) is 37.8 Å². The molecule has 0 atom stereocenters. The van der Waals surface area contributed by atoms with Crippen molar-refractivity contribution in [2.45, 2.75) is 0 Å². The first kappa shape index (κ1) is 17.6. The molecule has 0 saturated carbocycles. The molecule has 23 heavy (non-hydrogen) atoms. The van der Waals surface area contributed by atoms with Crippen molar-refractivity contribution in [1.29, 1.82) is 0 Å². The maximum absolute atomic E-state index is 13.9. The van der Waals surface area contributed by atoms with Gasteiger partial charge in [-0.05, 0) is 39.8 Å². The molecular weight excluding hydrogens is 413 g/mol. The van der Waals surface area contributed by atoms with E-state index in [0.717, 1.165) is 17.8 Å². The Morgan fingerprint density at radius 3 is 2.96 bits per heavy atom. The maximum atomic E-state index is 13.9. The summed E-state index contributed by atoms with van der Waals surface area (Å²) in [6.45, 7) is 0. The molecule has 1 amide bonds. The van der Waals surface area contributed by atoms with Crippen LogP contribution in [0, 0.1) is 5.82 Å². The van der Waals surface area contributed by atoms with Crippen LogP contribution in [-0.2, 0) is 14.3 Å². The van der Waals surface area contributed by atoms with Gasteiger partial charge in [0.2, 0.25) is 0 Å². The summed E-state index contributed by atoms with van der Waals surface area (Å²) in [6, 6.07) is 2.95. The second-order valence-corrected chi connectivity index (χ2v) is 6.23. The van der Waals surface area contributed by atoms with Gasteiger partial charge in [0.15, 0.2) is 5.17 Å². The molecule has 0 spiro atoms. The summed E-state index contributed by atoms with van der Waals surface area (Å²) in [5.41, 5.74) is 0.172. The summed E-state index contributed by atoms with van der Waals surface area (Å²) < 4.78 is 18.4. The van der Waals surface area contributed by atoms with Crippen LogP contribution < -0.4 is 5.32 Å². The zero-order valence-electron chi connectivity index (χ0n) is 11.5. The van der Waals surface area contributed by atoms with Crippen molar-refractivity contribution >= 4 is 62.6 Å². The van der Waals surface area contributed by atoms with Crippen LogP contribution in [0.4, 0.5) is 4.39 Å². The first-order valence-corrected chi connectivity index (χ1v) is 7.94. The number of nitrogens with zero attached hydrogens (tertiary/aromatic N) is 2. The highest BCUT2D eigenvalue weighted by atomic mass is 79.9. The van der Waals surface area contributed by atoms with Gasteiger partial charge in [-0.3, -0.25) is 10.1 Å². The zero-order chi connectivity index (χ0) is 17.0. The van der Waals surface area contributed by atoms with Crippen LogP contribution in [0.1, 0.15) is 5.56 Å². The number of hydrogen-bond donors (Lipinski definition) is 1. The number of amidine groups is 1. The lowest BCUT2D eigenvalue weighted by Crippen LogP contribution is -2.19. The number of halogens is 3. The van der Waals surface area contributed by atoms with Crippen LogP contribution in [0.25, 0.3) is 0 Å². The Hall–Kier alpha value is -1.71. The molecule has 120 valence electrons. The number of esters is 1. The molecule has 0 aromatic heterocycles. The van der Waals surface area contributed by atoms with Crippen molar-refractivity contribution in [3.05, 3.63) is 44.0 Å². The number of carbonyl (C=O) groups excluding carboxylic acids is 2. The van der Waals surface area contributed by atoms with Crippen LogP contribution in [0.3, 0.4) is 0 Å². The smallest absolute Gasteiger partial charge is 0.331 e. The van der Waals surface area contributed by atoms with E-state index in [1.165, 1.54) is 25.5 Å². The average molecular weight is 421 g/mol. The highest BCUT2D eigenvalue weighted by Gasteiger charge is 2.25. The Morgan fingerprint density at radius 1 is 1.52 bits per heavy atom. The van der Waals surface area contributed by atoms with E-state index < -0.39 is 17.7 Å². The fourth-order valence-corrected chi connectivity index (χ4v) is 2.67. The lowest BCUT2D eigenvalue weighted by Gasteiger charge is -2.00. The Morgan fingerprint density at radius 2 is 2.26 bits per heavy atom. The van der Waals surface area contributed by atoms with E-state index >= 15 is 0 Å². The first-order chi connectivity index (χ1) is 10.9. The van der Waals surface area contributed by atoms with Gasteiger partial charge in [-0.25, -0.2) is 9.18 Å². The van der Waals surface area contributed by atoms with E-state index in [1.54, 1.807) is 0 Å². The minimum Gasteiger partial charge on any atom is -0.466 e. The first-order valence-electron chi connectivity index (χ1n) is 5.95. The Bertz CT molecular complexity index is 767. The standard InChI is InChI=1S/C13H8BrClFN3O3S/c1-22-9(20)4-8-12(21)18-13(23-8)19-17-5-6-2-3-7(15)10(14)11(6)16/h2-5H,1H3,(H,18,19,21)/b8-4+,17-5?. The van der Waals surface area contributed by atoms with Gasteiger partial charge in [0.25, 0.3) is 5.91 Å². The number of rotatable bonds is 3. The van der Waals surface area contributed by atoms with Gasteiger partial charge in [-0.1, -0.05) is 11.6 Å². The van der Waals surface area contributed by atoms with Crippen LogP contribution >= 0.6 is 39.3 Å². The summed E-state index contributed by atoms with van der Waals surface area (Å²) in [7, 11) is 1.20. The molecule has 1 fully saturated rings. The summed E-state index contributed by atoms with van der Waals surface area (Å²) in [5.74, 6) is -1.72. The predicted octanol–water partition coefficient (Wildman–Crippen LogP) is 2.85. The molecule has 0 bridgehead atoms. The molecule has 1 heterocycles. The summed E-state index contributed by atoms with van der Waals surface area (Å²) >= 11 is 9.69. The third-order valence-corrected chi connectivity index (χ3v) is 4.73. The van der Waals surface area contributed by atoms with Gasteiger partial charge < -0.3 is 4.74 Å². The van der Waals surface area contributed by atoms with Gasteiger partial charge >= 0.3 is 5.97 Å². The molecule has 0 aliphatic carbocycles. The minimum atomic E-state index is -0.652. The zero-order valence-corrected chi connectivity index (χ0v) is 14.6. The fraction of sp³-hybridized carbons (Fsp3) is 0.0769. The van der Waals surface area contributed by atoms with Crippen molar-refractivity contribution < 1.29 is 18.7 Å². The Balaban J connectivity index is 2.13. The second kappa shape index (κ2) is 7.71. The lowest BCUT2D eigenvalue weighted by molar-refractivity contribution is -0.135. The Labute approximate surface area is 147 Å². The molecule has 0 unspecified atom stereocenters. The van der Waals surface area contributed by atoms with Gasteiger partial charge in [0, 0.05) is 11.6 Å². The molecular formula is C13H8BrClFN3O3S. The molecule has 6 nitrogen and oxygen atoms in total. The van der Waals surface area contributed by atoms with Gasteiger partial charge in [-0.15, -0.1) is 5.10 Å². The van der Waals surface area contributed by atoms with E-state index in [0.29, 0.717) is 0 Å². The third kappa shape index (κ3) is 4.40. The van der Waals surface area contributed by atoms with Crippen molar-refractivity contribution in [3.8, 4) is 0 Å². The topological polar surface area (TPSA) is 80.1 Å². The van der Waals surface area contributed by atoms with E-state index in [4.69, 9.17) is 11.6 Å². The van der Waals surface area contributed by atoms with E-state index in [-0.39, 0.29) is 25.1 Å². The number of benzene rings is 1. The SMILES string of the molecule is COC(=O)/C=C1/S/C(=N\N=Cc2ccc(Cl)c(Br)c2F)NC1=O. The number of ether oxygens (including phenoxy) is 1. The highest BCUT2D eigenvalue weighted by Crippen LogP contribution is 2.27. The number of amides is 1. The lowest BCUT2D eigenvalue weighted by atomic mass is 10.2. The quantitative estimate of drug-likeness (QED) is 0.268. The monoisotopic (exact) mass is 419 g/mol. The molecule has 1 N–H and O–H groups in total. The van der Waals surface area contributed by atoms with Crippen molar-refractivity contribution in [2.24, 2.45) is 10.2 Å². The molecule has 1 aliphatic heterocycles. The fourth-order valence-electron chi connectivity index (χ4n) is 1.43. The van der Waals surface area contributed by atoms with E-state index in [2.05, 4.69) is 36.2 Å². The molecule has 1 saturated heterocycles. The van der Waals surface area contributed by atoms with Crippen molar-refractivity contribution in [3.63, 3.8) is 0 Å². The molecule has 1 aromatic rings. The second-order valence-electron chi connectivity index (χ2n) is 4.00. The van der Waals surface area contributed by atoms with Crippen LogP contribution in [0.2, 0.25) is 5.02 Å². The summed E-state index contributed by atoms with van der Waals surface area (Å²) in [4.78, 5) is 22.8. The van der Waals surface area contributed by atoms with E-state index in [9.17, 15) is 14.0 Å². The summed E-state index contributed by atoms with van der Waals surface area (Å²) in [5, 5.41) is 10.3. The van der Waals surface area contributed by atoms with Gasteiger partial charge in [0.05, 0.1) is 27.7 Å². The maximum Gasteiger partial charge on any atom is 0.331 e. The molecule has 1 aromatic carbocycles. The molecule has 1 aliphatic rings. The largest absolute Gasteiger partial charge is 0.466 e. The average Bonchev–Trinajstić information content (AvgIpc) is 2.87. The normalized spacial score (nSPS) is 18.0. The number of nitrogens with one attached hydrogen (secondary N) is 1. The van der Waals surface area contributed by atoms with Gasteiger partial charge in [0.1, 0.15) is 5.82 Å². The van der Waals surface area contributed by atoms with Crippen molar-refractivity contribution in [2.75, 3.05) is 7.11 Å². The Kier molecular flexibility index (Phi) is 5.91. The van der Waals surface area contributed by atoms with Crippen LogP contribution in [-0.4, -0.2) is 30.4 Å². The third-order valence-electron chi connectivity index (χ3n) is 2.51. The minimum absolute atomic E-state index is 0.127. The van der Waals surface area contributed by atoms with Gasteiger partial charge in [-0.2, -0.15) is 5.10 Å². The number of hydrogen-bond acceptors (Lipinski definition) is 6.